The highest BCUT2D eigenvalue weighted by atomic mass is 16.5. The van der Waals surface area contributed by atoms with E-state index in [1.807, 2.05) is 6.07 Å². The molecule has 1 heterocycles. The van der Waals surface area contributed by atoms with Gasteiger partial charge in [0.15, 0.2) is 11.5 Å². The molecule has 4 rings (SSSR count). The van der Waals surface area contributed by atoms with Gasteiger partial charge in [-0.05, 0) is 61.4 Å². The van der Waals surface area contributed by atoms with Crippen molar-refractivity contribution in [3.8, 4) is 11.5 Å². The number of benzene rings is 2. The third-order valence-corrected chi connectivity index (χ3v) is 6.97. The lowest BCUT2D eigenvalue weighted by Gasteiger charge is -2.45. The Morgan fingerprint density at radius 2 is 1.90 bits per heavy atom. The number of methoxy groups -OCH3 is 2. The molecule has 2 aromatic rings. The van der Waals surface area contributed by atoms with Crippen LogP contribution < -0.4 is 20.1 Å². The van der Waals surface area contributed by atoms with E-state index in [1.165, 1.54) is 16.7 Å². The number of ether oxygens (including phenoxy) is 2. The fraction of sp³-hybridized carbons (Fsp3) is 0.480. The number of aryl methyl sites for hydroxylation is 1. The topological polar surface area (TPSA) is 59.6 Å². The minimum atomic E-state index is -0.155. The van der Waals surface area contributed by atoms with Crippen molar-refractivity contribution in [1.29, 1.82) is 0 Å². The van der Waals surface area contributed by atoms with Crippen LogP contribution in [0.2, 0.25) is 0 Å². The van der Waals surface area contributed by atoms with E-state index in [4.69, 9.17) is 9.47 Å². The molecule has 2 aromatic carbocycles. The summed E-state index contributed by atoms with van der Waals surface area (Å²) in [5.74, 6) is 1.89. The highest BCUT2D eigenvalue weighted by molar-refractivity contribution is 5.79. The van der Waals surface area contributed by atoms with Crippen LogP contribution in [-0.4, -0.2) is 31.7 Å². The Balaban J connectivity index is 1.57. The average Bonchev–Trinajstić information content (AvgIpc) is 3.14. The van der Waals surface area contributed by atoms with Crippen LogP contribution in [0, 0.1) is 6.92 Å². The molecular formula is C25H32N2O3. The van der Waals surface area contributed by atoms with Crippen molar-refractivity contribution in [1.82, 2.24) is 10.6 Å². The molecule has 1 saturated heterocycles. The SMILES string of the molecule is COc1ccc([C@H]2C[C@@H](NCc3ccccc3C)CC[C@]23CCC(=O)N3)cc1OC. The largest absolute Gasteiger partial charge is 0.493 e. The van der Waals surface area contributed by atoms with Crippen LogP contribution >= 0.6 is 0 Å². The van der Waals surface area contributed by atoms with Gasteiger partial charge in [-0.25, -0.2) is 0 Å². The molecule has 0 radical (unpaired) electrons. The Bertz CT molecular complexity index is 913. The quantitative estimate of drug-likeness (QED) is 0.756. The van der Waals surface area contributed by atoms with Gasteiger partial charge in [0.1, 0.15) is 0 Å². The molecule has 1 saturated carbocycles. The first-order valence-corrected chi connectivity index (χ1v) is 10.9. The summed E-state index contributed by atoms with van der Waals surface area (Å²) in [5.41, 5.74) is 3.71. The first kappa shape index (κ1) is 20.7. The van der Waals surface area contributed by atoms with E-state index in [0.717, 1.165) is 43.7 Å². The Hall–Kier alpha value is -2.53. The van der Waals surface area contributed by atoms with E-state index >= 15 is 0 Å². The number of rotatable bonds is 6. The molecular weight excluding hydrogens is 376 g/mol. The molecule has 1 aliphatic carbocycles. The molecule has 160 valence electrons. The van der Waals surface area contributed by atoms with Crippen molar-refractivity contribution in [2.45, 2.75) is 63.1 Å². The number of carbonyl (C=O) groups is 1. The average molecular weight is 409 g/mol. The summed E-state index contributed by atoms with van der Waals surface area (Å²) in [4.78, 5) is 12.2. The summed E-state index contributed by atoms with van der Waals surface area (Å²) in [5, 5.41) is 7.13. The summed E-state index contributed by atoms with van der Waals surface area (Å²) >= 11 is 0. The summed E-state index contributed by atoms with van der Waals surface area (Å²) in [6.07, 6.45) is 4.56. The van der Waals surface area contributed by atoms with Gasteiger partial charge in [-0.3, -0.25) is 4.79 Å². The molecule has 2 fully saturated rings. The first-order chi connectivity index (χ1) is 14.5. The fourth-order valence-electron chi connectivity index (χ4n) is 5.19. The molecule has 0 unspecified atom stereocenters. The van der Waals surface area contributed by atoms with Crippen LogP contribution in [0.1, 0.15) is 54.7 Å². The van der Waals surface area contributed by atoms with E-state index in [0.29, 0.717) is 12.5 Å². The molecule has 30 heavy (non-hydrogen) atoms. The summed E-state index contributed by atoms with van der Waals surface area (Å²) in [7, 11) is 3.32. The van der Waals surface area contributed by atoms with Crippen LogP contribution in [0.25, 0.3) is 0 Å². The van der Waals surface area contributed by atoms with Crippen LogP contribution in [0.3, 0.4) is 0 Å². The van der Waals surface area contributed by atoms with Gasteiger partial charge in [-0.15, -0.1) is 0 Å². The Labute approximate surface area is 179 Å². The van der Waals surface area contributed by atoms with Crippen molar-refractivity contribution in [3.05, 3.63) is 59.2 Å². The lowest BCUT2D eigenvalue weighted by Crippen LogP contribution is -2.53. The minimum Gasteiger partial charge on any atom is -0.493 e. The second kappa shape index (κ2) is 8.68. The highest BCUT2D eigenvalue weighted by Crippen LogP contribution is 2.47. The van der Waals surface area contributed by atoms with E-state index < -0.39 is 0 Å². The molecule has 3 atom stereocenters. The zero-order chi connectivity index (χ0) is 21.1. The monoisotopic (exact) mass is 408 g/mol. The van der Waals surface area contributed by atoms with Gasteiger partial charge < -0.3 is 20.1 Å². The normalized spacial score (nSPS) is 25.9. The Morgan fingerprint density at radius 1 is 1.10 bits per heavy atom. The third-order valence-electron chi connectivity index (χ3n) is 6.97. The van der Waals surface area contributed by atoms with Gasteiger partial charge in [-0.1, -0.05) is 30.3 Å². The van der Waals surface area contributed by atoms with E-state index in [2.05, 4.69) is 54.0 Å². The molecule has 2 N–H and O–H groups in total. The molecule has 2 aliphatic rings. The molecule has 0 bridgehead atoms. The van der Waals surface area contributed by atoms with Crippen molar-refractivity contribution in [2.75, 3.05) is 14.2 Å². The van der Waals surface area contributed by atoms with Gasteiger partial charge in [0.25, 0.3) is 0 Å². The van der Waals surface area contributed by atoms with Crippen molar-refractivity contribution >= 4 is 5.91 Å². The second-order valence-electron chi connectivity index (χ2n) is 8.65. The molecule has 5 heteroatoms. The van der Waals surface area contributed by atoms with Crippen molar-refractivity contribution in [2.24, 2.45) is 0 Å². The van der Waals surface area contributed by atoms with E-state index in [-0.39, 0.29) is 17.4 Å². The standard InChI is InChI=1S/C25H32N2O3/c1-17-6-4-5-7-19(17)16-26-20-10-12-25(13-11-24(28)27-25)21(15-20)18-8-9-22(29-2)23(14-18)30-3/h4-9,14,20-21,26H,10-13,15-16H2,1-3H3,(H,27,28)/t20-,21+,25-/m0/s1. The fourth-order valence-corrected chi connectivity index (χ4v) is 5.19. The van der Waals surface area contributed by atoms with Gasteiger partial charge in [0.05, 0.1) is 14.2 Å². The summed E-state index contributed by atoms with van der Waals surface area (Å²) in [6.45, 7) is 3.03. The molecule has 1 spiro atoms. The minimum absolute atomic E-state index is 0.155. The highest BCUT2D eigenvalue weighted by Gasteiger charge is 2.48. The van der Waals surface area contributed by atoms with Gasteiger partial charge >= 0.3 is 0 Å². The third kappa shape index (κ3) is 4.04. The predicted molar refractivity (Wildman–Crippen MR) is 118 cm³/mol. The summed E-state index contributed by atoms with van der Waals surface area (Å²) < 4.78 is 11.0. The van der Waals surface area contributed by atoms with Crippen molar-refractivity contribution in [3.63, 3.8) is 0 Å². The van der Waals surface area contributed by atoms with Gasteiger partial charge in [0.2, 0.25) is 5.91 Å². The van der Waals surface area contributed by atoms with Gasteiger partial charge in [-0.2, -0.15) is 0 Å². The predicted octanol–water partition coefficient (Wildman–Crippen LogP) is 4.09. The second-order valence-corrected chi connectivity index (χ2v) is 8.65. The molecule has 1 amide bonds. The van der Waals surface area contributed by atoms with Crippen LogP contribution in [0.4, 0.5) is 0 Å². The van der Waals surface area contributed by atoms with Crippen LogP contribution in [0.15, 0.2) is 42.5 Å². The maximum atomic E-state index is 12.2. The maximum Gasteiger partial charge on any atom is 0.220 e. The van der Waals surface area contributed by atoms with Crippen LogP contribution in [-0.2, 0) is 11.3 Å². The zero-order valence-corrected chi connectivity index (χ0v) is 18.2. The zero-order valence-electron chi connectivity index (χ0n) is 18.2. The lowest BCUT2D eigenvalue weighted by atomic mass is 9.67. The van der Waals surface area contributed by atoms with E-state index in [9.17, 15) is 4.79 Å². The smallest absolute Gasteiger partial charge is 0.220 e. The van der Waals surface area contributed by atoms with E-state index in [1.54, 1.807) is 14.2 Å². The number of hydrogen-bond acceptors (Lipinski definition) is 4. The first-order valence-electron chi connectivity index (χ1n) is 10.9. The molecule has 5 nitrogen and oxygen atoms in total. The molecule has 0 aromatic heterocycles. The number of carbonyl (C=O) groups excluding carboxylic acids is 1. The number of nitrogens with one attached hydrogen (secondary N) is 2. The number of hydrogen-bond donors (Lipinski definition) is 2. The van der Waals surface area contributed by atoms with Crippen LogP contribution in [0.5, 0.6) is 11.5 Å². The van der Waals surface area contributed by atoms with Gasteiger partial charge in [0, 0.05) is 30.5 Å². The lowest BCUT2D eigenvalue weighted by molar-refractivity contribution is -0.120. The Morgan fingerprint density at radius 3 is 2.60 bits per heavy atom. The summed E-state index contributed by atoms with van der Waals surface area (Å²) in [6, 6.07) is 15.1. The molecule has 1 aliphatic heterocycles. The Kier molecular flexibility index (Phi) is 6.00. The maximum absolute atomic E-state index is 12.2. The number of amides is 1. The van der Waals surface area contributed by atoms with Crippen molar-refractivity contribution < 1.29 is 14.3 Å².